The van der Waals surface area contributed by atoms with E-state index in [1.807, 2.05) is 12.1 Å². The van der Waals surface area contributed by atoms with Crippen LogP contribution in [-0.2, 0) is 11.3 Å². The molecule has 2 heterocycles. The van der Waals surface area contributed by atoms with Crippen molar-refractivity contribution in [1.29, 1.82) is 0 Å². The largest absolute Gasteiger partial charge is 0.369 e. The van der Waals surface area contributed by atoms with Crippen LogP contribution in [0.25, 0.3) is 0 Å². The summed E-state index contributed by atoms with van der Waals surface area (Å²) in [5.41, 5.74) is 12.0. The van der Waals surface area contributed by atoms with Crippen LogP contribution < -0.4 is 16.4 Å². The molecule has 0 aliphatic carbocycles. The summed E-state index contributed by atoms with van der Waals surface area (Å²) in [5.74, 6) is 0.605. The molecule has 18 heavy (non-hydrogen) atoms. The van der Waals surface area contributed by atoms with Gasteiger partial charge in [-0.05, 0) is 31.4 Å². The van der Waals surface area contributed by atoms with Gasteiger partial charge in [0.1, 0.15) is 5.82 Å². The number of carbonyl (C=O) groups is 1. The van der Waals surface area contributed by atoms with Gasteiger partial charge >= 0.3 is 0 Å². The van der Waals surface area contributed by atoms with Gasteiger partial charge in [0.25, 0.3) is 0 Å². The second-order valence-electron chi connectivity index (χ2n) is 4.91. The average Bonchev–Trinajstić information content (AvgIpc) is 2.39. The first kappa shape index (κ1) is 12.8. The fraction of sp³-hybridized carbons (Fsp3) is 0.538. The third-order valence-corrected chi connectivity index (χ3v) is 3.62. The summed E-state index contributed by atoms with van der Waals surface area (Å²) in [4.78, 5) is 17.9. The van der Waals surface area contributed by atoms with Gasteiger partial charge in [-0.15, -0.1) is 0 Å². The van der Waals surface area contributed by atoms with E-state index in [9.17, 15) is 4.79 Å². The van der Waals surface area contributed by atoms with E-state index in [1.54, 1.807) is 6.20 Å². The summed E-state index contributed by atoms with van der Waals surface area (Å²) in [6, 6.07) is 4.32. The lowest BCUT2D eigenvalue weighted by Gasteiger charge is -2.37. The molecule has 0 bridgehead atoms. The van der Waals surface area contributed by atoms with Crippen molar-refractivity contribution in [2.45, 2.75) is 32.4 Å². The molecule has 98 valence electrons. The predicted molar refractivity (Wildman–Crippen MR) is 70.9 cm³/mol. The van der Waals surface area contributed by atoms with Crippen molar-refractivity contribution in [2.75, 3.05) is 11.4 Å². The van der Waals surface area contributed by atoms with Crippen LogP contribution in [0.4, 0.5) is 5.82 Å². The highest BCUT2D eigenvalue weighted by Gasteiger charge is 2.29. The van der Waals surface area contributed by atoms with Gasteiger partial charge in [-0.1, -0.05) is 6.07 Å². The number of hydrogen-bond donors (Lipinski definition) is 2. The van der Waals surface area contributed by atoms with E-state index in [-0.39, 0.29) is 11.8 Å². The number of pyridine rings is 1. The maximum atomic E-state index is 11.3. The van der Waals surface area contributed by atoms with Gasteiger partial charge in [0.15, 0.2) is 0 Å². The Morgan fingerprint density at radius 2 is 2.28 bits per heavy atom. The van der Waals surface area contributed by atoms with Gasteiger partial charge in [-0.2, -0.15) is 0 Å². The number of carbonyl (C=O) groups excluding carboxylic acids is 1. The molecule has 2 unspecified atom stereocenters. The average molecular weight is 248 g/mol. The smallest absolute Gasteiger partial charge is 0.222 e. The Hall–Kier alpha value is -1.62. The zero-order valence-corrected chi connectivity index (χ0v) is 10.7. The molecule has 2 atom stereocenters. The zero-order valence-electron chi connectivity index (χ0n) is 10.7. The zero-order chi connectivity index (χ0) is 13.1. The van der Waals surface area contributed by atoms with Gasteiger partial charge in [-0.25, -0.2) is 4.98 Å². The van der Waals surface area contributed by atoms with Crippen LogP contribution in [0, 0.1) is 5.92 Å². The number of aromatic nitrogens is 1. The molecular formula is C13H20N4O. The van der Waals surface area contributed by atoms with Gasteiger partial charge in [0.05, 0.1) is 5.92 Å². The van der Waals surface area contributed by atoms with Crippen molar-refractivity contribution in [3.8, 4) is 0 Å². The first-order chi connectivity index (χ1) is 8.61. The standard InChI is InChI=1S/C13H20N4O/c1-9-2-4-11(13(15)18)8-17(9)12-5-3-10(6-14)7-16-12/h3,5,7,9,11H,2,4,6,8,14H2,1H3,(H2,15,18). The molecule has 1 aromatic heterocycles. The van der Waals surface area contributed by atoms with Gasteiger partial charge in [0.2, 0.25) is 5.91 Å². The second kappa shape index (κ2) is 5.35. The lowest BCUT2D eigenvalue weighted by Crippen LogP contribution is -2.46. The van der Waals surface area contributed by atoms with Crippen LogP contribution in [-0.4, -0.2) is 23.5 Å². The maximum absolute atomic E-state index is 11.3. The lowest BCUT2D eigenvalue weighted by atomic mass is 9.93. The Bertz CT molecular complexity index is 418. The maximum Gasteiger partial charge on any atom is 0.222 e. The first-order valence-corrected chi connectivity index (χ1v) is 6.32. The van der Waals surface area contributed by atoms with Crippen LogP contribution >= 0.6 is 0 Å². The molecule has 0 radical (unpaired) electrons. The van der Waals surface area contributed by atoms with E-state index in [0.29, 0.717) is 19.1 Å². The van der Waals surface area contributed by atoms with E-state index < -0.39 is 0 Å². The van der Waals surface area contributed by atoms with E-state index in [4.69, 9.17) is 11.5 Å². The molecule has 5 nitrogen and oxygen atoms in total. The van der Waals surface area contributed by atoms with Gasteiger partial charge in [-0.3, -0.25) is 4.79 Å². The Kier molecular flexibility index (Phi) is 3.81. The van der Waals surface area contributed by atoms with Crippen molar-refractivity contribution in [2.24, 2.45) is 17.4 Å². The van der Waals surface area contributed by atoms with Crippen LogP contribution in [0.2, 0.25) is 0 Å². The minimum absolute atomic E-state index is 0.0721. The molecule has 1 amide bonds. The highest BCUT2D eigenvalue weighted by molar-refractivity contribution is 5.77. The van der Waals surface area contributed by atoms with Crippen molar-refractivity contribution in [3.63, 3.8) is 0 Å². The monoisotopic (exact) mass is 248 g/mol. The summed E-state index contributed by atoms with van der Waals surface area (Å²) in [6.45, 7) is 3.30. The molecule has 1 fully saturated rings. The van der Waals surface area contributed by atoms with Crippen LogP contribution in [0.3, 0.4) is 0 Å². The van der Waals surface area contributed by atoms with Crippen LogP contribution in [0.15, 0.2) is 18.3 Å². The van der Waals surface area contributed by atoms with Crippen molar-refractivity contribution in [1.82, 2.24) is 4.98 Å². The molecule has 1 aromatic rings. The molecule has 0 spiro atoms. The molecule has 1 aliphatic heterocycles. The van der Waals surface area contributed by atoms with E-state index >= 15 is 0 Å². The van der Waals surface area contributed by atoms with E-state index in [1.165, 1.54) is 0 Å². The fourth-order valence-electron chi connectivity index (χ4n) is 2.37. The Labute approximate surface area is 107 Å². The molecule has 1 saturated heterocycles. The quantitative estimate of drug-likeness (QED) is 0.821. The molecule has 0 saturated carbocycles. The number of hydrogen-bond acceptors (Lipinski definition) is 4. The highest BCUT2D eigenvalue weighted by atomic mass is 16.1. The summed E-state index contributed by atoms with van der Waals surface area (Å²) >= 11 is 0. The first-order valence-electron chi connectivity index (χ1n) is 6.32. The molecule has 4 N–H and O–H groups in total. The van der Waals surface area contributed by atoms with E-state index in [0.717, 1.165) is 24.2 Å². The third kappa shape index (κ3) is 2.61. The minimum Gasteiger partial charge on any atom is -0.369 e. The minimum atomic E-state index is -0.217. The Morgan fingerprint density at radius 3 is 2.83 bits per heavy atom. The van der Waals surface area contributed by atoms with Crippen LogP contribution in [0.1, 0.15) is 25.3 Å². The topological polar surface area (TPSA) is 85.2 Å². The fourth-order valence-corrected chi connectivity index (χ4v) is 2.37. The molecular weight excluding hydrogens is 228 g/mol. The van der Waals surface area contributed by atoms with E-state index in [2.05, 4.69) is 16.8 Å². The Balaban J connectivity index is 2.15. The van der Waals surface area contributed by atoms with Crippen molar-refractivity contribution in [3.05, 3.63) is 23.9 Å². The number of anilines is 1. The lowest BCUT2D eigenvalue weighted by molar-refractivity contribution is -0.122. The summed E-state index contributed by atoms with van der Waals surface area (Å²) in [7, 11) is 0. The summed E-state index contributed by atoms with van der Waals surface area (Å²) in [6.07, 6.45) is 3.62. The van der Waals surface area contributed by atoms with Gasteiger partial charge < -0.3 is 16.4 Å². The van der Waals surface area contributed by atoms with Crippen LogP contribution in [0.5, 0.6) is 0 Å². The second-order valence-corrected chi connectivity index (χ2v) is 4.91. The SMILES string of the molecule is CC1CCC(C(N)=O)CN1c1ccc(CN)cn1. The number of amides is 1. The number of rotatable bonds is 3. The number of nitrogens with zero attached hydrogens (tertiary/aromatic N) is 2. The molecule has 5 heteroatoms. The third-order valence-electron chi connectivity index (χ3n) is 3.62. The molecule has 0 aromatic carbocycles. The normalized spacial score (nSPS) is 24.0. The summed E-state index contributed by atoms with van der Waals surface area (Å²) in [5, 5.41) is 0. The highest BCUT2D eigenvalue weighted by Crippen LogP contribution is 2.26. The summed E-state index contributed by atoms with van der Waals surface area (Å²) < 4.78 is 0. The Morgan fingerprint density at radius 1 is 1.50 bits per heavy atom. The van der Waals surface area contributed by atoms with Crippen molar-refractivity contribution >= 4 is 11.7 Å². The van der Waals surface area contributed by atoms with Crippen molar-refractivity contribution < 1.29 is 4.79 Å². The predicted octanol–water partition coefficient (Wildman–Crippen LogP) is 0.630. The van der Waals surface area contributed by atoms with Gasteiger partial charge in [0, 0.05) is 25.3 Å². The number of primary amides is 1. The number of piperidine rings is 1. The number of nitrogens with two attached hydrogens (primary N) is 2. The molecule has 2 rings (SSSR count). The molecule has 1 aliphatic rings.